The zero-order chi connectivity index (χ0) is 14.7. The van der Waals surface area contributed by atoms with Crippen LogP contribution in [0, 0.1) is 0 Å². The van der Waals surface area contributed by atoms with Crippen LogP contribution in [0.4, 0.5) is 10.8 Å². The minimum absolute atomic E-state index is 0.661. The number of thiazole rings is 1. The molecule has 0 atom stereocenters. The monoisotopic (exact) mass is 322 g/mol. The number of anilines is 2. The second-order valence-electron chi connectivity index (χ2n) is 5.21. The molecular weight excluding hydrogens is 304 g/mol. The molecule has 1 aromatic heterocycles. The standard InChI is InChI=1S/C15H19ClN4S/c16-13-3-1-2-4-14(13)20-9-7-19(8-10-20)6-5-12-11-21-15(17)18-12/h1-4,11H,5-10H2,(H2,17,18). The lowest BCUT2D eigenvalue weighted by atomic mass is 10.2. The van der Waals surface area contributed by atoms with Crippen molar-refractivity contribution in [3.05, 3.63) is 40.4 Å². The third-order valence-electron chi connectivity index (χ3n) is 3.82. The van der Waals surface area contributed by atoms with E-state index in [1.165, 1.54) is 11.3 Å². The van der Waals surface area contributed by atoms with Gasteiger partial charge < -0.3 is 10.6 Å². The Labute approximate surface area is 134 Å². The highest BCUT2D eigenvalue weighted by Crippen LogP contribution is 2.26. The van der Waals surface area contributed by atoms with Crippen molar-refractivity contribution in [2.75, 3.05) is 43.4 Å². The van der Waals surface area contributed by atoms with Gasteiger partial charge in [0.1, 0.15) is 0 Å². The summed E-state index contributed by atoms with van der Waals surface area (Å²) in [5.74, 6) is 0. The number of piperazine rings is 1. The van der Waals surface area contributed by atoms with Gasteiger partial charge in [0, 0.05) is 44.5 Å². The van der Waals surface area contributed by atoms with Gasteiger partial charge >= 0.3 is 0 Å². The lowest BCUT2D eigenvalue weighted by Gasteiger charge is -2.36. The van der Waals surface area contributed by atoms with E-state index in [1.54, 1.807) is 0 Å². The maximum Gasteiger partial charge on any atom is 0.180 e. The van der Waals surface area contributed by atoms with E-state index in [9.17, 15) is 0 Å². The van der Waals surface area contributed by atoms with Gasteiger partial charge in [0.25, 0.3) is 0 Å². The molecule has 21 heavy (non-hydrogen) atoms. The van der Waals surface area contributed by atoms with Crippen LogP contribution in [0.1, 0.15) is 5.69 Å². The molecule has 0 bridgehead atoms. The van der Waals surface area contributed by atoms with Crippen LogP contribution in [0.25, 0.3) is 0 Å². The largest absolute Gasteiger partial charge is 0.375 e. The van der Waals surface area contributed by atoms with E-state index < -0.39 is 0 Å². The molecule has 1 aliphatic heterocycles. The highest BCUT2D eigenvalue weighted by molar-refractivity contribution is 7.13. The maximum atomic E-state index is 6.26. The molecular formula is C15H19ClN4S. The number of benzene rings is 1. The molecule has 2 N–H and O–H groups in total. The van der Waals surface area contributed by atoms with Gasteiger partial charge in [0.15, 0.2) is 5.13 Å². The summed E-state index contributed by atoms with van der Waals surface area (Å²) in [6, 6.07) is 8.06. The summed E-state index contributed by atoms with van der Waals surface area (Å²) in [5, 5.41) is 3.55. The first-order chi connectivity index (χ1) is 10.2. The first kappa shape index (κ1) is 14.6. The molecule has 0 aliphatic carbocycles. The third-order valence-corrected chi connectivity index (χ3v) is 4.86. The van der Waals surface area contributed by atoms with Gasteiger partial charge in [-0.3, -0.25) is 4.90 Å². The topological polar surface area (TPSA) is 45.4 Å². The summed E-state index contributed by atoms with van der Waals surface area (Å²) in [5.41, 5.74) is 7.91. The number of rotatable bonds is 4. The van der Waals surface area contributed by atoms with E-state index in [0.717, 1.165) is 55.5 Å². The Balaban J connectivity index is 1.50. The molecule has 1 aromatic carbocycles. The number of aromatic nitrogens is 1. The minimum Gasteiger partial charge on any atom is -0.375 e. The zero-order valence-corrected chi connectivity index (χ0v) is 13.4. The van der Waals surface area contributed by atoms with Crippen molar-refractivity contribution >= 4 is 33.8 Å². The van der Waals surface area contributed by atoms with Crippen molar-refractivity contribution in [1.82, 2.24) is 9.88 Å². The predicted molar refractivity (Wildman–Crippen MR) is 90.3 cm³/mol. The smallest absolute Gasteiger partial charge is 0.180 e. The normalized spacial score (nSPS) is 16.3. The first-order valence-electron chi connectivity index (χ1n) is 7.14. The Bertz CT molecular complexity index is 593. The van der Waals surface area contributed by atoms with Crippen LogP contribution >= 0.6 is 22.9 Å². The van der Waals surface area contributed by atoms with Gasteiger partial charge in [-0.25, -0.2) is 4.98 Å². The van der Waals surface area contributed by atoms with E-state index in [-0.39, 0.29) is 0 Å². The molecule has 0 amide bonds. The molecule has 1 fully saturated rings. The number of hydrogen-bond acceptors (Lipinski definition) is 5. The highest BCUT2D eigenvalue weighted by atomic mass is 35.5. The van der Waals surface area contributed by atoms with Crippen LogP contribution in [0.3, 0.4) is 0 Å². The van der Waals surface area contributed by atoms with Crippen molar-refractivity contribution < 1.29 is 0 Å². The molecule has 0 radical (unpaired) electrons. The van der Waals surface area contributed by atoms with Crippen LogP contribution in [0.5, 0.6) is 0 Å². The zero-order valence-electron chi connectivity index (χ0n) is 11.8. The Hall–Kier alpha value is -1.30. The lowest BCUT2D eigenvalue weighted by Crippen LogP contribution is -2.47. The molecule has 0 saturated carbocycles. The van der Waals surface area contributed by atoms with Gasteiger partial charge in [-0.1, -0.05) is 23.7 Å². The second-order valence-corrected chi connectivity index (χ2v) is 6.50. The summed E-state index contributed by atoms with van der Waals surface area (Å²) in [6.07, 6.45) is 0.972. The summed E-state index contributed by atoms with van der Waals surface area (Å²) >= 11 is 7.78. The van der Waals surface area contributed by atoms with E-state index in [4.69, 9.17) is 17.3 Å². The SMILES string of the molecule is Nc1nc(CCN2CCN(c3ccccc3Cl)CC2)cs1. The number of nitrogens with two attached hydrogens (primary N) is 1. The molecule has 3 rings (SSSR count). The van der Waals surface area contributed by atoms with Gasteiger partial charge in [-0.15, -0.1) is 11.3 Å². The van der Waals surface area contributed by atoms with Gasteiger partial charge in [0.05, 0.1) is 16.4 Å². The van der Waals surface area contributed by atoms with Crippen molar-refractivity contribution in [2.24, 2.45) is 0 Å². The molecule has 4 nitrogen and oxygen atoms in total. The van der Waals surface area contributed by atoms with Crippen LogP contribution in [-0.2, 0) is 6.42 Å². The van der Waals surface area contributed by atoms with Crippen LogP contribution in [0.2, 0.25) is 5.02 Å². The molecule has 1 aliphatic rings. The Morgan fingerprint density at radius 2 is 1.95 bits per heavy atom. The molecule has 2 aromatic rings. The minimum atomic E-state index is 0.661. The average molecular weight is 323 g/mol. The number of hydrogen-bond donors (Lipinski definition) is 1. The van der Waals surface area contributed by atoms with Crippen LogP contribution < -0.4 is 10.6 Å². The van der Waals surface area contributed by atoms with Crippen molar-refractivity contribution in [2.45, 2.75) is 6.42 Å². The molecule has 112 valence electrons. The molecule has 0 spiro atoms. The third kappa shape index (κ3) is 3.67. The number of nitrogen functional groups attached to an aromatic ring is 1. The number of nitrogens with zero attached hydrogens (tertiary/aromatic N) is 3. The second kappa shape index (κ2) is 6.64. The van der Waals surface area contributed by atoms with Crippen molar-refractivity contribution in [3.8, 4) is 0 Å². The molecule has 6 heteroatoms. The highest BCUT2D eigenvalue weighted by Gasteiger charge is 2.18. The average Bonchev–Trinajstić information content (AvgIpc) is 2.92. The lowest BCUT2D eigenvalue weighted by molar-refractivity contribution is 0.260. The molecule has 2 heterocycles. The fourth-order valence-electron chi connectivity index (χ4n) is 2.63. The Morgan fingerprint density at radius 1 is 1.19 bits per heavy atom. The molecule has 0 unspecified atom stereocenters. The van der Waals surface area contributed by atoms with E-state index in [0.29, 0.717) is 5.13 Å². The van der Waals surface area contributed by atoms with E-state index in [1.807, 2.05) is 18.2 Å². The summed E-state index contributed by atoms with van der Waals surface area (Å²) in [7, 11) is 0. The quantitative estimate of drug-likeness (QED) is 0.940. The predicted octanol–water partition coefficient (Wildman–Crippen LogP) is 2.74. The van der Waals surface area contributed by atoms with Gasteiger partial charge in [-0.05, 0) is 12.1 Å². The fraction of sp³-hybridized carbons (Fsp3) is 0.400. The number of halogens is 1. The fourth-order valence-corrected chi connectivity index (χ4v) is 3.48. The van der Waals surface area contributed by atoms with E-state index >= 15 is 0 Å². The maximum absolute atomic E-state index is 6.26. The van der Waals surface area contributed by atoms with Crippen LogP contribution in [-0.4, -0.2) is 42.6 Å². The summed E-state index contributed by atoms with van der Waals surface area (Å²) < 4.78 is 0. The van der Waals surface area contributed by atoms with Gasteiger partial charge in [0.2, 0.25) is 0 Å². The van der Waals surface area contributed by atoms with E-state index in [2.05, 4.69) is 26.2 Å². The first-order valence-corrected chi connectivity index (χ1v) is 8.40. The van der Waals surface area contributed by atoms with Crippen molar-refractivity contribution in [1.29, 1.82) is 0 Å². The van der Waals surface area contributed by atoms with Crippen LogP contribution in [0.15, 0.2) is 29.6 Å². The van der Waals surface area contributed by atoms with Gasteiger partial charge in [-0.2, -0.15) is 0 Å². The summed E-state index contributed by atoms with van der Waals surface area (Å²) in [6.45, 7) is 5.20. The Kier molecular flexibility index (Phi) is 4.63. The van der Waals surface area contributed by atoms with Crippen molar-refractivity contribution in [3.63, 3.8) is 0 Å². The Morgan fingerprint density at radius 3 is 2.62 bits per heavy atom. The number of para-hydroxylation sites is 1. The summed E-state index contributed by atoms with van der Waals surface area (Å²) in [4.78, 5) is 9.15. The molecule has 1 saturated heterocycles.